The summed E-state index contributed by atoms with van der Waals surface area (Å²) in [7, 11) is 0. The fourth-order valence-electron chi connectivity index (χ4n) is 2.45. The molecule has 22 heavy (non-hydrogen) atoms. The Balaban J connectivity index is 3.51. The zero-order chi connectivity index (χ0) is 17.2. The van der Waals surface area contributed by atoms with Crippen LogP contribution in [0.3, 0.4) is 0 Å². The minimum atomic E-state index is -0.362. The zero-order valence-electron chi connectivity index (χ0n) is 15.7. The third-order valence-corrected chi connectivity index (χ3v) is 3.30. The first-order chi connectivity index (χ1) is 9.99. The maximum Gasteiger partial charge on any atom is 0.345 e. The molecular weight excluding hydrogens is 280 g/mol. The van der Waals surface area contributed by atoms with Crippen molar-refractivity contribution in [3.05, 3.63) is 0 Å². The smallest absolute Gasteiger partial charge is 0.269 e. The summed E-state index contributed by atoms with van der Waals surface area (Å²) in [6.45, 7) is 15.8. The lowest BCUT2D eigenvalue weighted by Gasteiger charge is -2.22. The molecular formula is C18H36O4. The van der Waals surface area contributed by atoms with Crippen LogP contribution < -0.4 is 0 Å². The molecule has 0 aromatic carbocycles. The van der Waals surface area contributed by atoms with Crippen LogP contribution >= 0.6 is 0 Å². The molecule has 0 heterocycles. The van der Waals surface area contributed by atoms with Gasteiger partial charge in [0.1, 0.15) is 0 Å². The second kappa shape index (κ2) is 10.2. The van der Waals surface area contributed by atoms with E-state index in [1.807, 2.05) is 0 Å². The molecule has 0 fully saturated rings. The second-order valence-electron chi connectivity index (χ2n) is 8.80. The van der Waals surface area contributed by atoms with Gasteiger partial charge in [-0.25, -0.2) is 4.79 Å². The Morgan fingerprint density at radius 3 is 2.14 bits per heavy atom. The van der Waals surface area contributed by atoms with E-state index in [2.05, 4.69) is 58.4 Å². The van der Waals surface area contributed by atoms with E-state index in [-0.39, 0.29) is 11.4 Å². The molecule has 132 valence electrons. The number of hydrogen-bond donors (Lipinski definition) is 0. The Labute approximate surface area is 136 Å². The Bertz CT molecular complexity index is 299. The fourth-order valence-corrected chi connectivity index (χ4v) is 2.45. The predicted molar refractivity (Wildman–Crippen MR) is 88.9 cm³/mol. The van der Waals surface area contributed by atoms with Crippen LogP contribution in [0.1, 0.15) is 87.0 Å². The summed E-state index contributed by atoms with van der Waals surface area (Å²) in [5.74, 6) is -0.00432. The summed E-state index contributed by atoms with van der Waals surface area (Å²) in [5, 5.41) is 4.54. The molecule has 0 aromatic rings. The predicted octanol–water partition coefficient (Wildman–Crippen LogP) is 5.46. The average Bonchev–Trinajstić information content (AvgIpc) is 2.30. The van der Waals surface area contributed by atoms with Gasteiger partial charge in [-0.2, -0.15) is 4.89 Å². The normalized spacial score (nSPS) is 14.0. The van der Waals surface area contributed by atoms with Gasteiger partial charge in [0.15, 0.2) is 0 Å². The topological polar surface area (TPSA) is 44.8 Å². The first kappa shape index (κ1) is 21.4. The standard InChI is InChI=1S/C18H36O4/c1-15(13-18(5,6)7)14-20-22-21-16(19)11-9-8-10-12-17(2,3)4/h15H,8-14H2,1-7H3. The van der Waals surface area contributed by atoms with Crippen molar-refractivity contribution >= 4 is 5.97 Å². The molecule has 0 radical (unpaired) electrons. The van der Waals surface area contributed by atoms with Gasteiger partial charge < -0.3 is 0 Å². The largest absolute Gasteiger partial charge is 0.345 e. The van der Waals surface area contributed by atoms with E-state index in [0.717, 1.165) is 25.7 Å². The molecule has 0 aromatic heterocycles. The molecule has 0 aliphatic heterocycles. The van der Waals surface area contributed by atoms with Crippen molar-refractivity contribution in [2.24, 2.45) is 16.7 Å². The summed E-state index contributed by atoms with van der Waals surface area (Å²) in [5.41, 5.74) is 0.619. The average molecular weight is 316 g/mol. The quantitative estimate of drug-likeness (QED) is 0.305. The highest BCUT2D eigenvalue weighted by Crippen LogP contribution is 2.24. The summed E-state index contributed by atoms with van der Waals surface area (Å²) in [6.07, 6.45) is 5.59. The van der Waals surface area contributed by atoms with Gasteiger partial charge in [0, 0.05) is 6.42 Å². The third kappa shape index (κ3) is 15.8. The number of hydrogen-bond acceptors (Lipinski definition) is 4. The van der Waals surface area contributed by atoms with Crippen LogP contribution in [-0.4, -0.2) is 12.6 Å². The molecule has 0 N–H and O–H groups in total. The molecule has 4 heteroatoms. The highest BCUT2D eigenvalue weighted by Gasteiger charge is 2.16. The Kier molecular flexibility index (Phi) is 9.94. The van der Waals surface area contributed by atoms with E-state index in [0.29, 0.717) is 24.4 Å². The Morgan fingerprint density at radius 2 is 1.59 bits per heavy atom. The van der Waals surface area contributed by atoms with E-state index in [1.165, 1.54) is 6.42 Å². The van der Waals surface area contributed by atoms with Crippen molar-refractivity contribution in [2.75, 3.05) is 6.61 Å². The van der Waals surface area contributed by atoms with Gasteiger partial charge in [0.05, 0.1) is 6.61 Å². The summed E-state index contributed by atoms with van der Waals surface area (Å²) < 4.78 is 0. The molecule has 0 aliphatic carbocycles. The van der Waals surface area contributed by atoms with Crippen molar-refractivity contribution in [3.8, 4) is 0 Å². The first-order valence-corrected chi connectivity index (χ1v) is 8.48. The van der Waals surface area contributed by atoms with Gasteiger partial charge in [-0.1, -0.05) is 61.3 Å². The van der Waals surface area contributed by atoms with Gasteiger partial charge in [-0.05, 0) is 41.0 Å². The second-order valence-corrected chi connectivity index (χ2v) is 8.80. The van der Waals surface area contributed by atoms with Crippen LogP contribution in [0.5, 0.6) is 0 Å². The van der Waals surface area contributed by atoms with Crippen LogP contribution in [-0.2, 0) is 19.6 Å². The van der Waals surface area contributed by atoms with Gasteiger partial charge in [-0.15, -0.1) is 0 Å². The SMILES string of the molecule is CC(COOOC(=O)CCCCCC(C)(C)C)CC(C)(C)C. The molecule has 0 bridgehead atoms. The number of rotatable bonds is 10. The number of unbranched alkanes of at least 4 members (excludes halogenated alkanes) is 2. The third-order valence-electron chi connectivity index (χ3n) is 3.30. The summed E-state index contributed by atoms with van der Waals surface area (Å²) in [6, 6.07) is 0. The van der Waals surface area contributed by atoms with Gasteiger partial charge in [-0.3, -0.25) is 4.89 Å². The van der Waals surface area contributed by atoms with E-state index >= 15 is 0 Å². The molecule has 1 unspecified atom stereocenters. The molecule has 0 saturated carbocycles. The van der Waals surface area contributed by atoms with Gasteiger partial charge >= 0.3 is 5.97 Å². The van der Waals surface area contributed by atoms with Crippen molar-refractivity contribution < 1.29 is 19.6 Å². The lowest BCUT2D eigenvalue weighted by Crippen LogP contribution is -2.16. The Morgan fingerprint density at radius 1 is 0.955 bits per heavy atom. The molecule has 0 spiro atoms. The van der Waals surface area contributed by atoms with E-state index in [4.69, 9.17) is 4.89 Å². The minimum absolute atomic E-state index is 0.256. The molecule has 0 amide bonds. The van der Waals surface area contributed by atoms with E-state index in [1.54, 1.807) is 0 Å². The molecule has 0 rings (SSSR count). The van der Waals surface area contributed by atoms with Gasteiger partial charge in [0.2, 0.25) is 0 Å². The zero-order valence-corrected chi connectivity index (χ0v) is 15.7. The van der Waals surface area contributed by atoms with E-state index in [9.17, 15) is 4.79 Å². The number of carbonyl (C=O) groups is 1. The molecule has 0 saturated heterocycles. The van der Waals surface area contributed by atoms with Crippen LogP contribution in [0.25, 0.3) is 0 Å². The van der Waals surface area contributed by atoms with Crippen LogP contribution in [0.4, 0.5) is 0 Å². The van der Waals surface area contributed by atoms with Crippen molar-refractivity contribution in [1.82, 2.24) is 0 Å². The molecule has 0 aliphatic rings. The fraction of sp³-hybridized carbons (Fsp3) is 0.944. The van der Waals surface area contributed by atoms with Crippen LogP contribution in [0.2, 0.25) is 0 Å². The van der Waals surface area contributed by atoms with Crippen LogP contribution in [0, 0.1) is 16.7 Å². The minimum Gasteiger partial charge on any atom is -0.269 e. The monoisotopic (exact) mass is 316 g/mol. The highest BCUT2D eigenvalue weighted by molar-refractivity contribution is 5.68. The van der Waals surface area contributed by atoms with E-state index < -0.39 is 0 Å². The maximum atomic E-state index is 11.4. The number of carbonyl (C=O) groups excluding carboxylic acids is 1. The maximum absolute atomic E-state index is 11.4. The summed E-state index contributed by atoms with van der Waals surface area (Å²) >= 11 is 0. The highest BCUT2D eigenvalue weighted by atomic mass is 17.5. The lowest BCUT2D eigenvalue weighted by molar-refractivity contribution is -0.489. The van der Waals surface area contributed by atoms with Crippen molar-refractivity contribution in [3.63, 3.8) is 0 Å². The lowest BCUT2D eigenvalue weighted by atomic mass is 9.86. The molecule has 4 nitrogen and oxygen atoms in total. The van der Waals surface area contributed by atoms with Crippen molar-refractivity contribution in [1.29, 1.82) is 0 Å². The van der Waals surface area contributed by atoms with Crippen molar-refractivity contribution in [2.45, 2.75) is 87.0 Å². The Hall–Kier alpha value is -0.610. The van der Waals surface area contributed by atoms with Crippen LogP contribution in [0.15, 0.2) is 0 Å². The van der Waals surface area contributed by atoms with Gasteiger partial charge in [0.25, 0.3) is 0 Å². The molecule has 1 atom stereocenters. The first-order valence-electron chi connectivity index (χ1n) is 8.48. The summed E-state index contributed by atoms with van der Waals surface area (Å²) in [4.78, 5) is 21.0.